The first-order valence-corrected chi connectivity index (χ1v) is 10.9. The molecule has 6 heteroatoms. The molecule has 0 fully saturated rings. The van der Waals surface area contributed by atoms with E-state index in [4.69, 9.17) is 13.7 Å². The molecule has 5 nitrogen and oxygen atoms in total. The molecule has 0 bridgehead atoms. The van der Waals surface area contributed by atoms with Crippen molar-refractivity contribution in [2.75, 3.05) is 19.8 Å². The highest BCUT2D eigenvalue weighted by molar-refractivity contribution is 7.94. The fraction of sp³-hybridized carbons (Fsp3) is 0.375. The summed E-state index contributed by atoms with van der Waals surface area (Å²) in [6.45, 7) is 9.18. The van der Waals surface area contributed by atoms with Gasteiger partial charge in [0.15, 0.2) is 0 Å². The number of rotatable bonds is 10. The topological polar surface area (TPSA) is 49.7 Å². The summed E-state index contributed by atoms with van der Waals surface area (Å²) in [4.78, 5) is 13.4. The van der Waals surface area contributed by atoms with Crippen LogP contribution < -0.4 is 4.74 Å². The Morgan fingerprint density at radius 2 is 1.83 bits per heavy atom. The highest BCUT2D eigenvalue weighted by Crippen LogP contribution is 2.28. The van der Waals surface area contributed by atoms with Gasteiger partial charge >= 0.3 is 5.97 Å². The van der Waals surface area contributed by atoms with E-state index in [1.807, 2.05) is 55.8 Å². The van der Waals surface area contributed by atoms with E-state index in [1.54, 1.807) is 0 Å². The van der Waals surface area contributed by atoms with Gasteiger partial charge < -0.3 is 18.2 Å². The Kier molecular flexibility index (Phi) is 7.45. The summed E-state index contributed by atoms with van der Waals surface area (Å²) in [5.41, 5.74) is 1.44. The molecule has 0 aliphatic carbocycles. The van der Waals surface area contributed by atoms with Crippen LogP contribution in [0, 0.1) is 6.92 Å². The van der Waals surface area contributed by atoms with Crippen molar-refractivity contribution in [3.63, 3.8) is 0 Å². The number of hydrogen-bond acceptors (Lipinski definition) is 5. The number of hydrogen-bond donors (Lipinski definition) is 0. The van der Waals surface area contributed by atoms with Gasteiger partial charge in [0.05, 0.1) is 19.8 Å². The van der Waals surface area contributed by atoms with Gasteiger partial charge in [-0.25, -0.2) is 4.79 Å². The summed E-state index contributed by atoms with van der Waals surface area (Å²) in [5.74, 6) is 0.562. The third-order valence-corrected chi connectivity index (χ3v) is 5.60. The minimum Gasteiger partial charge on any atom is -0.493 e. The Bertz CT molecular complexity index is 979. The van der Waals surface area contributed by atoms with Crippen LogP contribution in [-0.2, 0) is 19.3 Å². The van der Waals surface area contributed by atoms with E-state index in [9.17, 15) is 4.79 Å². The van der Waals surface area contributed by atoms with Crippen LogP contribution in [0.5, 0.6) is 5.75 Å². The second-order valence-electron chi connectivity index (χ2n) is 7.61. The van der Waals surface area contributed by atoms with Gasteiger partial charge in [-0.1, -0.05) is 17.7 Å². The molecule has 0 radical (unpaired) electrons. The fourth-order valence-corrected chi connectivity index (χ4v) is 3.70. The molecule has 0 saturated carbocycles. The van der Waals surface area contributed by atoms with Crippen molar-refractivity contribution in [1.29, 1.82) is 0 Å². The molecule has 3 aromatic rings. The number of aryl methyl sites for hydroxylation is 1. The molecule has 0 amide bonds. The van der Waals surface area contributed by atoms with Crippen molar-refractivity contribution >= 4 is 28.9 Å². The smallest absolute Gasteiger partial charge is 0.331 e. The van der Waals surface area contributed by atoms with Crippen LogP contribution in [-0.4, -0.2) is 30.4 Å². The summed E-state index contributed by atoms with van der Waals surface area (Å²) in [7, 11) is 0. The quantitative estimate of drug-likeness (QED) is 0.235. The van der Waals surface area contributed by atoms with Crippen molar-refractivity contribution in [2.45, 2.75) is 44.6 Å². The lowest BCUT2D eigenvalue weighted by Crippen LogP contribution is -2.36. The van der Waals surface area contributed by atoms with E-state index in [0.29, 0.717) is 19.8 Å². The summed E-state index contributed by atoms with van der Waals surface area (Å²) >= 11 is 1.39. The van der Waals surface area contributed by atoms with E-state index < -0.39 is 5.54 Å². The van der Waals surface area contributed by atoms with Gasteiger partial charge in [0, 0.05) is 40.5 Å². The van der Waals surface area contributed by atoms with Crippen LogP contribution in [0.2, 0.25) is 0 Å². The lowest BCUT2D eigenvalue weighted by molar-refractivity contribution is -0.151. The molecular weight excluding hydrogens is 398 g/mol. The van der Waals surface area contributed by atoms with Crippen LogP contribution in [0.1, 0.15) is 32.8 Å². The van der Waals surface area contributed by atoms with Crippen molar-refractivity contribution in [3.05, 3.63) is 60.3 Å². The van der Waals surface area contributed by atoms with Crippen molar-refractivity contribution in [1.82, 2.24) is 4.57 Å². The molecule has 3 rings (SSSR count). The molecule has 2 aromatic carbocycles. The van der Waals surface area contributed by atoms with Gasteiger partial charge in [-0.15, -0.1) is 0 Å². The standard InChI is InChI=1S/C24H29NO4S/c1-5-27-23(26)24(3,4)25-14-13-19-17-20(9-12-22(19)25)28-15-6-16-29-30-21-10-7-18(2)8-11-21/h7-14,17H,5-6,15-16H2,1-4H3. The maximum absolute atomic E-state index is 12.3. The SMILES string of the molecule is CCOC(=O)C(C)(C)n1ccc2cc(OCCCOSc3ccc(C)cc3)ccc21. The third-order valence-electron chi connectivity index (χ3n) is 4.86. The minimum absolute atomic E-state index is 0.244. The summed E-state index contributed by atoms with van der Waals surface area (Å²) in [6, 6.07) is 16.2. The van der Waals surface area contributed by atoms with Gasteiger partial charge in [0.1, 0.15) is 11.3 Å². The number of carbonyl (C=O) groups excluding carboxylic acids is 1. The maximum Gasteiger partial charge on any atom is 0.331 e. The normalized spacial score (nSPS) is 11.6. The van der Waals surface area contributed by atoms with Crippen LogP contribution in [0.4, 0.5) is 0 Å². The Morgan fingerprint density at radius 3 is 2.57 bits per heavy atom. The number of carbonyl (C=O) groups is 1. The second kappa shape index (κ2) is 10.0. The number of benzene rings is 2. The first-order chi connectivity index (χ1) is 14.4. The zero-order valence-electron chi connectivity index (χ0n) is 18.0. The molecule has 30 heavy (non-hydrogen) atoms. The summed E-state index contributed by atoms with van der Waals surface area (Å²) < 4.78 is 18.7. The van der Waals surface area contributed by atoms with Crippen molar-refractivity contribution in [3.8, 4) is 5.75 Å². The molecule has 0 aliphatic heterocycles. The average molecular weight is 428 g/mol. The third kappa shape index (κ3) is 5.37. The minimum atomic E-state index is -0.771. The van der Waals surface area contributed by atoms with E-state index in [1.165, 1.54) is 17.6 Å². The molecule has 0 spiro atoms. The zero-order valence-corrected chi connectivity index (χ0v) is 18.8. The van der Waals surface area contributed by atoms with E-state index in [-0.39, 0.29) is 5.97 Å². The summed E-state index contributed by atoms with van der Waals surface area (Å²) in [5, 5.41) is 1.02. The molecule has 1 aromatic heterocycles. The zero-order chi connectivity index (χ0) is 21.6. The molecule has 0 saturated heterocycles. The lowest BCUT2D eigenvalue weighted by Gasteiger charge is -2.25. The Labute approximate surface area is 182 Å². The van der Waals surface area contributed by atoms with E-state index in [2.05, 4.69) is 31.2 Å². The first kappa shape index (κ1) is 22.2. The molecule has 1 heterocycles. The fourth-order valence-electron chi connectivity index (χ4n) is 3.12. The number of nitrogens with zero attached hydrogens (tertiary/aromatic N) is 1. The Hall–Kier alpha value is -2.44. The number of aromatic nitrogens is 1. The number of esters is 1. The van der Waals surface area contributed by atoms with Gasteiger partial charge in [-0.2, -0.15) is 0 Å². The van der Waals surface area contributed by atoms with Crippen molar-refractivity contribution in [2.24, 2.45) is 0 Å². The highest BCUT2D eigenvalue weighted by Gasteiger charge is 2.31. The Morgan fingerprint density at radius 1 is 1.07 bits per heavy atom. The molecule has 160 valence electrons. The van der Waals surface area contributed by atoms with E-state index >= 15 is 0 Å². The predicted molar refractivity (Wildman–Crippen MR) is 121 cm³/mol. The van der Waals surface area contributed by atoms with Crippen LogP contribution in [0.3, 0.4) is 0 Å². The average Bonchev–Trinajstić information content (AvgIpc) is 3.16. The number of fused-ring (bicyclic) bond motifs is 1. The first-order valence-electron chi connectivity index (χ1n) is 10.2. The van der Waals surface area contributed by atoms with Gasteiger partial charge in [0.25, 0.3) is 0 Å². The Balaban J connectivity index is 1.50. The van der Waals surface area contributed by atoms with Crippen LogP contribution >= 0.6 is 12.0 Å². The predicted octanol–water partition coefficient (Wildman–Crippen LogP) is 5.74. The van der Waals surface area contributed by atoms with E-state index in [0.717, 1.165) is 28.0 Å². The van der Waals surface area contributed by atoms with Gasteiger partial charge in [0.2, 0.25) is 0 Å². The molecule has 0 N–H and O–H groups in total. The molecular formula is C24H29NO4S. The van der Waals surface area contributed by atoms with Crippen molar-refractivity contribution < 1.29 is 18.5 Å². The summed E-state index contributed by atoms with van der Waals surface area (Å²) in [6.07, 6.45) is 2.72. The van der Waals surface area contributed by atoms with Crippen LogP contribution in [0.25, 0.3) is 10.9 Å². The molecule has 0 atom stereocenters. The lowest BCUT2D eigenvalue weighted by atomic mass is 10.1. The monoisotopic (exact) mass is 427 g/mol. The largest absolute Gasteiger partial charge is 0.493 e. The second-order valence-corrected chi connectivity index (χ2v) is 8.48. The van der Waals surface area contributed by atoms with Gasteiger partial charge in [-0.05, 0) is 64.1 Å². The number of ether oxygens (including phenoxy) is 2. The molecule has 0 unspecified atom stereocenters. The highest BCUT2D eigenvalue weighted by atomic mass is 32.2. The maximum atomic E-state index is 12.3. The van der Waals surface area contributed by atoms with Gasteiger partial charge in [-0.3, -0.25) is 0 Å². The van der Waals surface area contributed by atoms with Crippen LogP contribution in [0.15, 0.2) is 59.6 Å². The molecule has 0 aliphatic rings.